The van der Waals surface area contributed by atoms with Gasteiger partial charge in [0, 0.05) is 11.1 Å². The van der Waals surface area contributed by atoms with Crippen molar-refractivity contribution in [3.63, 3.8) is 0 Å². The van der Waals surface area contributed by atoms with Crippen LogP contribution in [0, 0.1) is 10.8 Å². The summed E-state index contributed by atoms with van der Waals surface area (Å²) in [5.74, 6) is 0.876. The summed E-state index contributed by atoms with van der Waals surface area (Å²) in [5.41, 5.74) is 1.96. The molecule has 0 fully saturated rings. The quantitative estimate of drug-likeness (QED) is 0.227. The lowest BCUT2D eigenvalue weighted by Crippen LogP contribution is -2.47. The van der Waals surface area contributed by atoms with E-state index in [1.807, 2.05) is 6.07 Å². The van der Waals surface area contributed by atoms with Crippen LogP contribution in [0.25, 0.3) is 5.76 Å². The van der Waals surface area contributed by atoms with Gasteiger partial charge in [0.15, 0.2) is 14.6 Å². The van der Waals surface area contributed by atoms with Crippen LogP contribution in [-0.4, -0.2) is 27.3 Å². The Morgan fingerprint density at radius 2 is 1.39 bits per heavy atom. The van der Waals surface area contributed by atoms with Crippen molar-refractivity contribution in [2.24, 2.45) is 10.8 Å². The molecule has 0 aliphatic heterocycles. The Balaban J connectivity index is 3.74. The lowest BCUT2D eigenvalue weighted by molar-refractivity contribution is -0.0940. The van der Waals surface area contributed by atoms with Crippen molar-refractivity contribution in [2.75, 3.05) is 6.61 Å². The van der Waals surface area contributed by atoms with Crippen LogP contribution in [0.5, 0.6) is 0 Å². The molecule has 0 amide bonds. The molecule has 0 heterocycles. The monoisotopic (exact) mass is 448 g/mol. The molecule has 0 saturated heterocycles. The number of hydrogen-bond acceptors (Lipinski definition) is 3. The lowest BCUT2D eigenvalue weighted by atomic mass is 9.83. The van der Waals surface area contributed by atoms with E-state index in [9.17, 15) is 0 Å². The zero-order valence-electron chi connectivity index (χ0n) is 22.5. The van der Waals surface area contributed by atoms with Gasteiger partial charge in [-0.25, -0.2) is 0 Å². The molecular weight excluding hydrogens is 400 g/mol. The first kappa shape index (κ1) is 27.9. The second-order valence-corrected chi connectivity index (χ2v) is 17.4. The summed E-state index contributed by atoms with van der Waals surface area (Å²) in [6.45, 7) is 29.4. The molecule has 1 rings (SSSR count). The van der Waals surface area contributed by atoms with Crippen molar-refractivity contribution in [1.29, 1.82) is 0 Å². The molecule has 0 aromatic heterocycles. The fraction of sp³-hybridized carbons (Fsp3) is 0.704. The van der Waals surface area contributed by atoms with Crippen LogP contribution in [0.2, 0.25) is 18.1 Å². The van der Waals surface area contributed by atoms with Crippen LogP contribution in [-0.2, 0) is 13.9 Å². The Morgan fingerprint density at radius 1 is 0.871 bits per heavy atom. The van der Waals surface area contributed by atoms with Gasteiger partial charge in [0.2, 0.25) is 0 Å². The highest BCUT2D eigenvalue weighted by Crippen LogP contribution is 2.43. The van der Waals surface area contributed by atoms with E-state index in [2.05, 4.69) is 114 Å². The van der Waals surface area contributed by atoms with E-state index in [1.54, 1.807) is 0 Å². The molecule has 1 atom stereocenters. The maximum atomic E-state index is 6.95. The minimum atomic E-state index is -2.11. The molecule has 4 heteroatoms. The second-order valence-electron chi connectivity index (χ2n) is 12.6. The molecule has 1 aromatic rings. The van der Waals surface area contributed by atoms with Gasteiger partial charge < -0.3 is 13.9 Å². The maximum Gasteiger partial charge on any atom is 0.195 e. The molecule has 0 spiro atoms. The van der Waals surface area contributed by atoms with Gasteiger partial charge in [0.25, 0.3) is 0 Å². The highest BCUT2D eigenvalue weighted by atomic mass is 28.4. The minimum Gasteiger partial charge on any atom is -0.490 e. The average molecular weight is 449 g/mol. The molecule has 0 N–H and O–H groups in total. The van der Waals surface area contributed by atoms with E-state index in [-0.39, 0.29) is 22.0 Å². The van der Waals surface area contributed by atoms with E-state index in [1.165, 1.54) is 0 Å². The molecule has 0 bridgehead atoms. The molecule has 31 heavy (non-hydrogen) atoms. The van der Waals surface area contributed by atoms with Gasteiger partial charge in [-0.2, -0.15) is 0 Å². The molecule has 1 unspecified atom stereocenters. The first-order valence-corrected chi connectivity index (χ1v) is 14.5. The van der Waals surface area contributed by atoms with E-state index in [0.29, 0.717) is 6.61 Å². The smallest absolute Gasteiger partial charge is 0.195 e. The van der Waals surface area contributed by atoms with Crippen LogP contribution in [0.1, 0.15) is 81.7 Å². The third-order valence-corrected chi connectivity index (χ3v) is 9.97. The highest BCUT2D eigenvalue weighted by molar-refractivity contribution is 6.74. The van der Waals surface area contributed by atoms with E-state index in [0.717, 1.165) is 16.9 Å². The molecule has 178 valence electrons. The lowest BCUT2D eigenvalue weighted by Gasteiger charge is -2.42. The van der Waals surface area contributed by atoms with Crippen LogP contribution >= 0.6 is 0 Å². The number of rotatable bonds is 8. The summed E-state index contributed by atoms with van der Waals surface area (Å²) in [6, 6.07) is 10.4. The SMILES string of the molecule is CC(C)OC(=C(C(OCC(C)(C)C)O[Si](C)(C)C(C)(C)C)C(C)(C)C)c1ccccc1. The predicted octanol–water partition coefficient (Wildman–Crippen LogP) is 8.28. The third-order valence-electron chi connectivity index (χ3n) is 5.55. The summed E-state index contributed by atoms with van der Waals surface area (Å²) in [7, 11) is -2.11. The molecular formula is C27H48O3Si. The van der Waals surface area contributed by atoms with Gasteiger partial charge in [-0.3, -0.25) is 0 Å². The molecule has 1 aromatic carbocycles. The van der Waals surface area contributed by atoms with Crippen molar-refractivity contribution >= 4 is 14.1 Å². The van der Waals surface area contributed by atoms with Crippen molar-refractivity contribution in [3.05, 3.63) is 41.5 Å². The van der Waals surface area contributed by atoms with Crippen LogP contribution in [0.4, 0.5) is 0 Å². The van der Waals surface area contributed by atoms with Gasteiger partial charge in [-0.1, -0.05) is 92.6 Å². The van der Waals surface area contributed by atoms with Crippen LogP contribution < -0.4 is 0 Å². The van der Waals surface area contributed by atoms with E-state index in [4.69, 9.17) is 13.9 Å². The normalized spacial score (nSPS) is 15.7. The second kappa shape index (κ2) is 10.2. The van der Waals surface area contributed by atoms with Crippen LogP contribution in [0.3, 0.4) is 0 Å². The van der Waals surface area contributed by atoms with E-state index >= 15 is 0 Å². The Hall–Kier alpha value is -1.10. The first-order chi connectivity index (χ1) is 13.8. The van der Waals surface area contributed by atoms with Gasteiger partial charge in [0.1, 0.15) is 5.76 Å². The Morgan fingerprint density at radius 3 is 1.77 bits per heavy atom. The Bertz CT molecular complexity index is 714. The largest absolute Gasteiger partial charge is 0.490 e. The Labute approximate surface area is 193 Å². The summed E-state index contributed by atoms with van der Waals surface area (Å²) in [4.78, 5) is 0. The molecule has 0 radical (unpaired) electrons. The highest BCUT2D eigenvalue weighted by Gasteiger charge is 2.43. The summed E-state index contributed by atoms with van der Waals surface area (Å²) in [6.07, 6.45) is -0.419. The Kier molecular flexibility index (Phi) is 9.21. The molecule has 0 aliphatic carbocycles. The maximum absolute atomic E-state index is 6.95. The molecule has 3 nitrogen and oxygen atoms in total. The van der Waals surface area contributed by atoms with Crippen LogP contribution in [0.15, 0.2) is 35.9 Å². The summed E-state index contributed by atoms with van der Waals surface area (Å²) >= 11 is 0. The number of benzene rings is 1. The minimum absolute atomic E-state index is 0.0316. The van der Waals surface area contributed by atoms with Crippen molar-refractivity contribution in [1.82, 2.24) is 0 Å². The molecule has 0 aliphatic rings. The summed E-state index contributed by atoms with van der Waals surface area (Å²) in [5, 5.41) is 0.0746. The van der Waals surface area contributed by atoms with Crippen molar-refractivity contribution in [3.8, 4) is 0 Å². The van der Waals surface area contributed by atoms with Gasteiger partial charge in [0.05, 0.1) is 12.7 Å². The fourth-order valence-corrected chi connectivity index (χ4v) is 3.93. The summed E-state index contributed by atoms with van der Waals surface area (Å²) < 4.78 is 20.0. The van der Waals surface area contributed by atoms with Gasteiger partial charge in [-0.15, -0.1) is 0 Å². The first-order valence-electron chi connectivity index (χ1n) is 11.6. The standard InChI is InChI=1S/C27H48O3Si/c1-20(2)29-23(21-17-15-14-16-18-21)22(26(6,7)8)24(28-19-25(3,4)5)30-31(12,13)27(9,10)11/h14-18,20,24H,19H2,1-13H3. The van der Waals surface area contributed by atoms with Gasteiger partial charge >= 0.3 is 0 Å². The van der Waals surface area contributed by atoms with Gasteiger partial charge in [-0.05, 0) is 42.8 Å². The average Bonchev–Trinajstić information content (AvgIpc) is 2.56. The topological polar surface area (TPSA) is 27.7 Å². The molecule has 0 saturated carbocycles. The zero-order valence-corrected chi connectivity index (χ0v) is 23.5. The predicted molar refractivity (Wildman–Crippen MR) is 137 cm³/mol. The number of hydrogen-bond donors (Lipinski definition) is 0. The zero-order chi connectivity index (χ0) is 24.3. The fourth-order valence-electron chi connectivity index (χ4n) is 2.86. The van der Waals surface area contributed by atoms with Crippen molar-refractivity contribution < 1.29 is 13.9 Å². The van der Waals surface area contributed by atoms with Crippen molar-refractivity contribution in [2.45, 2.75) is 107 Å². The van der Waals surface area contributed by atoms with E-state index < -0.39 is 14.6 Å². The number of ether oxygens (including phenoxy) is 2. The third kappa shape index (κ3) is 8.74.